The van der Waals surface area contributed by atoms with Gasteiger partial charge >= 0.3 is 0 Å². The van der Waals surface area contributed by atoms with Gasteiger partial charge in [-0.25, -0.2) is 0 Å². The van der Waals surface area contributed by atoms with Crippen molar-refractivity contribution < 1.29 is 0 Å². The van der Waals surface area contributed by atoms with E-state index in [1.165, 1.54) is 42.4 Å². The standard InChI is InChI=1S/C23H38/c1-9-15-23(8,18(4)5)16-14-21-10-12-22(13-11-21)20(7)19(6)17(2)3/h10-13,18-20H,2,9,14-16H2,1,3-8H3. The summed E-state index contributed by atoms with van der Waals surface area (Å²) in [5, 5.41) is 0. The molecule has 0 fully saturated rings. The summed E-state index contributed by atoms with van der Waals surface area (Å²) in [5.74, 6) is 1.83. The highest BCUT2D eigenvalue weighted by molar-refractivity contribution is 5.27. The van der Waals surface area contributed by atoms with Crippen LogP contribution < -0.4 is 0 Å². The van der Waals surface area contributed by atoms with E-state index < -0.39 is 0 Å². The number of aryl methyl sites for hydroxylation is 1. The summed E-state index contributed by atoms with van der Waals surface area (Å²) in [5.41, 5.74) is 4.65. The molecule has 1 aromatic rings. The summed E-state index contributed by atoms with van der Waals surface area (Å²) in [6, 6.07) is 9.32. The van der Waals surface area contributed by atoms with Crippen LogP contribution in [0.25, 0.3) is 0 Å². The first-order chi connectivity index (χ1) is 10.7. The number of hydrogen-bond acceptors (Lipinski definition) is 0. The third-order valence-electron chi connectivity index (χ3n) is 6.23. The normalized spacial score (nSPS) is 16.9. The SMILES string of the molecule is C=C(C)C(C)C(C)c1ccc(CCC(C)(CCC)C(C)C)cc1. The van der Waals surface area contributed by atoms with Gasteiger partial charge in [0, 0.05) is 0 Å². The molecule has 3 atom stereocenters. The maximum absolute atomic E-state index is 4.11. The van der Waals surface area contributed by atoms with Crippen molar-refractivity contribution in [3.05, 3.63) is 47.5 Å². The van der Waals surface area contributed by atoms with Gasteiger partial charge in [-0.05, 0) is 60.5 Å². The Kier molecular flexibility index (Phi) is 7.58. The quantitative estimate of drug-likeness (QED) is 0.417. The van der Waals surface area contributed by atoms with E-state index in [9.17, 15) is 0 Å². The van der Waals surface area contributed by atoms with Crippen LogP contribution in [0.2, 0.25) is 0 Å². The minimum Gasteiger partial charge on any atom is -0.0998 e. The van der Waals surface area contributed by atoms with Crippen molar-refractivity contribution in [3.8, 4) is 0 Å². The van der Waals surface area contributed by atoms with Crippen LogP contribution in [0, 0.1) is 17.3 Å². The lowest BCUT2D eigenvalue weighted by atomic mass is 9.72. The molecule has 0 N–H and O–H groups in total. The van der Waals surface area contributed by atoms with Gasteiger partial charge in [0.15, 0.2) is 0 Å². The molecule has 0 bridgehead atoms. The summed E-state index contributed by atoms with van der Waals surface area (Å²) >= 11 is 0. The Morgan fingerprint density at radius 3 is 2.04 bits per heavy atom. The first kappa shape index (κ1) is 20.0. The molecule has 0 saturated heterocycles. The first-order valence-electron chi connectivity index (χ1n) is 9.45. The van der Waals surface area contributed by atoms with Crippen LogP contribution in [0.5, 0.6) is 0 Å². The molecule has 0 aliphatic carbocycles. The van der Waals surface area contributed by atoms with Crippen molar-refractivity contribution in [2.45, 2.75) is 80.1 Å². The average molecular weight is 315 g/mol. The van der Waals surface area contributed by atoms with E-state index in [1.54, 1.807) is 0 Å². The van der Waals surface area contributed by atoms with Crippen LogP contribution in [-0.4, -0.2) is 0 Å². The molecule has 0 heteroatoms. The van der Waals surface area contributed by atoms with E-state index in [0.717, 1.165) is 5.92 Å². The second-order valence-electron chi connectivity index (χ2n) is 8.22. The van der Waals surface area contributed by atoms with Gasteiger partial charge < -0.3 is 0 Å². The summed E-state index contributed by atoms with van der Waals surface area (Å²) < 4.78 is 0. The van der Waals surface area contributed by atoms with Gasteiger partial charge in [-0.1, -0.05) is 84.4 Å². The van der Waals surface area contributed by atoms with Gasteiger partial charge in [-0.15, -0.1) is 0 Å². The van der Waals surface area contributed by atoms with Gasteiger partial charge in [0.25, 0.3) is 0 Å². The van der Waals surface area contributed by atoms with Gasteiger partial charge in [-0.2, -0.15) is 0 Å². The fraction of sp³-hybridized carbons (Fsp3) is 0.652. The summed E-state index contributed by atoms with van der Waals surface area (Å²) in [7, 11) is 0. The third kappa shape index (κ3) is 5.52. The second kappa shape index (κ2) is 8.71. The molecule has 23 heavy (non-hydrogen) atoms. The number of hydrogen-bond donors (Lipinski definition) is 0. The highest BCUT2D eigenvalue weighted by atomic mass is 14.3. The lowest BCUT2D eigenvalue weighted by Gasteiger charge is -2.34. The highest BCUT2D eigenvalue weighted by Crippen LogP contribution is 2.37. The van der Waals surface area contributed by atoms with Crippen molar-refractivity contribution in [2.24, 2.45) is 17.3 Å². The van der Waals surface area contributed by atoms with Crippen molar-refractivity contribution in [1.29, 1.82) is 0 Å². The Bertz CT molecular complexity index is 479. The summed E-state index contributed by atoms with van der Waals surface area (Å²) in [4.78, 5) is 0. The Morgan fingerprint density at radius 2 is 1.61 bits per heavy atom. The zero-order chi connectivity index (χ0) is 17.6. The van der Waals surface area contributed by atoms with Gasteiger partial charge in [0.1, 0.15) is 0 Å². The topological polar surface area (TPSA) is 0 Å². The molecule has 0 amide bonds. The van der Waals surface area contributed by atoms with Crippen molar-refractivity contribution in [2.75, 3.05) is 0 Å². The lowest BCUT2D eigenvalue weighted by molar-refractivity contribution is 0.180. The van der Waals surface area contributed by atoms with Crippen LogP contribution in [0.3, 0.4) is 0 Å². The van der Waals surface area contributed by atoms with Crippen molar-refractivity contribution >= 4 is 0 Å². The molecule has 0 heterocycles. The molecule has 0 radical (unpaired) electrons. The van der Waals surface area contributed by atoms with Gasteiger partial charge in [0.05, 0.1) is 0 Å². The molecular formula is C23H38. The second-order valence-corrected chi connectivity index (χ2v) is 8.22. The van der Waals surface area contributed by atoms with Crippen LogP contribution in [-0.2, 0) is 6.42 Å². The van der Waals surface area contributed by atoms with Crippen molar-refractivity contribution in [1.82, 2.24) is 0 Å². The number of rotatable bonds is 9. The maximum Gasteiger partial charge on any atom is -0.0128 e. The average Bonchev–Trinajstić information content (AvgIpc) is 2.52. The fourth-order valence-electron chi connectivity index (χ4n) is 3.41. The maximum atomic E-state index is 4.11. The van der Waals surface area contributed by atoms with Crippen molar-refractivity contribution in [3.63, 3.8) is 0 Å². The molecular weight excluding hydrogens is 276 g/mol. The molecule has 0 aromatic heterocycles. The minimum absolute atomic E-state index is 0.467. The van der Waals surface area contributed by atoms with E-state index in [-0.39, 0.29) is 0 Å². The molecule has 0 aliphatic heterocycles. The molecule has 0 nitrogen and oxygen atoms in total. The largest absolute Gasteiger partial charge is 0.0998 e. The van der Waals surface area contributed by atoms with E-state index in [4.69, 9.17) is 0 Å². The highest BCUT2D eigenvalue weighted by Gasteiger charge is 2.26. The molecule has 0 aliphatic rings. The van der Waals surface area contributed by atoms with Gasteiger partial charge in [-0.3, -0.25) is 0 Å². The van der Waals surface area contributed by atoms with E-state index >= 15 is 0 Å². The zero-order valence-corrected chi connectivity index (χ0v) is 16.6. The Balaban J connectivity index is 2.72. The first-order valence-corrected chi connectivity index (χ1v) is 9.45. The molecule has 1 rings (SSSR count). The molecule has 0 spiro atoms. The lowest BCUT2D eigenvalue weighted by Crippen LogP contribution is -2.24. The van der Waals surface area contributed by atoms with Crippen LogP contribution in [0.4, 0.5) is 0 Å². The number of allylic oxidation sites excluding steroid dienone is 1. The predicted octanol–water partition coefficient (Wildman–Crippen LogP) is 7.40. The zero-order valence-electron chi connectivity index (χ0n) is 16.6. The molecule has 3 unspecified atom stereocenters. The Morgan fingerprint density at radius 1 is 1.04 bits per heavy atom. The third-order valence-corrected chi connectivity index (χ3v) is 6.23. The van der Waals surface area contributed by atoms with Crippen LogP contribution in [0.15, 0.2) is 36.4 Å². The summed E-state index contributed by atoms with van der Waals surface area (Å²) in [6.45, 7) is 20.4. The van der Waals surface area contributed by atoms with Crippen LogP contribution in [0.1, 0.15) is 84.8 Å². The monoisotopic (exact) mass is 314 g/mol. The fourth-order valence-corrected chi connectivity index (χ4v) is 3.41. The van der Waals surface area contributed by atoms with E-state index in [0.29, 0.717) is 17.3 Å². The molecule has 0 saturated carbocycles. The number of benzene rings is 1. The summed E-state index contributed by atoms with van der Waals surface area (Å²) in [6.07, 6.45) is 5.09. The van der Waals surface area contributed by atoms with Crippen LogP contribution >= 0.6 is 0 Å². The van der Waals surface area contributed by atoms with Gasteiger partial charge in [0.2, 0.25) is 0 Å². The predicted molar refractivity (Wildman–Crippen MR) is 105 cm³/mol. The molecule has 130 valence electrons. The smallest absolute Gasteiger partial charge is 0.0128 e. The Hall–Kier alpha value is -1.04. The minimum atomic E-state index is 0.467. The van der Waals surface area contributed by atoms with E-state index in [1.807, 2.05) is 0 Å². The molecule has 1 aromatic carbocycles. The Labute approximate surface area is 145 Å². The van der Waals surface area contributed by atoms with E-state index in [2.05, 4.69) is 79.3 Å².